The highest BCUT2D eigenvalue weighted by atomic mass is 16.5. The van der Waals surface area contributed by atoms with Gasteiger partial charge >= 0.3 is 0 Å². The molecule has 0 amide bonds. The molecular formula is C23H24N4O4. The lowest BCUT2D eigenvalue weighted by atomic mass is 10.1. The minimum absolute atomic E-state index is 0.0370. The zero-order chi connectivity index (χ0) is 21.2. The monoisotopic (exact) mass is 420 g/mol. The van der Waals surface area contributed by atoms with Crippen molar-refractivity contribution in [3.63, 3.8) is 0 Å². The Hall–Kier alpha value is -3.20. The summed E-state index contributed by atoms with van der Waals surface area (Å²) in [5.74, 6) is 1.32. The second kappa shape index (κ2) is 8.50. The number of hydrogen-bond donors (Lipinski definition) is 3. The summed E-state index contributed by atoms with van der Waals surface area (Å²) in [5, 5.41) is 23.3. The number of aliphatic hydroxyl groups is 2. The third-order valence-corrected chi connectivity index (χ3v) is 5.46. The third kappa shape index (κ3) is 3.93. The van der Waals surface area contributed by atoms with Gasteiger partial charge in [0.2, 0.25) is 0 Å². The molecule has 1 aliphatic rings. The number of imidazole rings is 1. The standard InChI is InChI=1S/C23H24N4O4/c28-10-11-30-16-7-9-27-18(13-25-22(27)12-16)17-5-4-15-2-1-3-21(23(15)26-17)31-20-6-8-24-14-19(20)29/h1-5,7,9,12-13,19-20,24,28-29H,6,8,10-11,14H2/t19-,20?/m1/s1. The summed E-state index contributed by atoms with van der Waals surface area (Å²) in [6, 6.07) is 13.5. The average Bonchev–Trinajstić information content (AvgIpc) is 3.22. The number of rotatable bonds is 6. The summed E-state index contributed by atoms with van der Waals surface area (Å²) >= 11 is 0. The summed E-state index contributed by atoms with van der Waals surface area (Å²) in [6.07, 6.45) is 3.59. The fourth-order valence-electron chi connectivity index (χ4n) is 3.88. The largest absolute Gasteiger partial charge is 0.491 e. The molecule has 0 radical (unpaired) electrons. The number of nitrogens with zero attached hydrogens (tertiary/aromatic N) is 3. The Kier molecular flexibility index (Phi) is 5.42. The van der Waals surface area contributed by atoms with Gasteiger partial charge in [-0.3, -0.25) is 4.40 Å². The number of β-amino-alcohol motifs (C(OH)–C–C–N with tert-alkyl or cyclic N) is 1. The van der Waals surface area contributed by atoms with Gasteiger partial charge in [-0.2, -0.15) is 0 Å². The number of para-hydroxylation sites is 1. The third-order valence-electron chi connectivity index (χ3n) is 5.46. The Labute approximate surface area is 179 Å². The van der Waals surface area contributed by atoms with E-state index in [9.17, 15) is 5.11 Å². The molecule has 3 N–H and O–H groups in total. The van der Waals surface area contributed by atoms with E-state index in [1.165, 1.54) is 0 Å². The summed E-state index contributed by atoms with van der Waals surface area (Å²) in [5.41, 5.74) is 3.10. The Morgan fingerprint density at radius 3 is 3.00 bits per heavy atom. The van der Waals surface area contributed by atoms with Crippen LogP contribution in [0.15, 0.2) is 54.9 Å². The van der Waals surface area contributed by atoms with Crippen LogP contribution in [-0.4, -0.2) is 63.1 Å². The number of nitrogens with one attached hydrogen (secondary N) is 1. The number of aromatic nitrogens is 3. The normalized spacial score (nSPS) is 19.0. The predicted molar refractivity (Wildman–Crippen MR) is 116 cm³/mol. The molecule has 0 bridgehead atoms. The van der Waals surface area contributed by atoms with Crippen molar-refractivity contribution in [2.24, 2.45) is 0 Å². The second-order valence-electron chi connectivity index (χ2n) is 7.55. The van der Waals surface area contributed by atoms with Crippen molar-refractivity contribution >= 4 is 16.6 Å². The first kappa shape index (κ1) is 19.7. The van der Waals surface area contributed by atoms with Crippen molar-refractivity contribution < 1.29 is 19.7 Å². The van der Waals surface area contributed by atoms with E-state index < -0.39 is 6.10 Å². The number of benzene rings is 1. The van der Waals surface area contributed by atoms with Crippen LogP contribution in [0, 0.1) is 0 Å². The van der Waals surface area contributed by atoms with Crippen molar-refractivity contribution in [3.05, 3.63) is 54.9 Å². The van der Waals surface area contributed by atoms with Gasteiger partial charge in [0.15, 0.2) is 0 Å². The molecule has 1 unspecified atom stereocenters. The molecule has 1 aromatic carbocycles. The number of pyridine rings is 2. The Morgan fingerprint density at radius 2 is 2.13 bits per heavy atom. The smallest absolute Gasteiger partial charge is 0.146 e. The maximum atomic E-state index is 10.3. The fourth-order valence-corrected chi connectivity index (χ4v) is 3.88. The van der Waals surface area contributed by atoms with Crippen molar-refractivity contribution in [1.82, 2.24) is 19.7 Å². The van der Waals surface area contributed by atoms with Crippen LogP contribution in [0.2, 0.25) is 0 Å². The molecule has 31 heavy (non-hydrogen) atoms. The van der Waals surface area contributed by atoms with Crippen LogP contribution >= 0.6 is 0 Å². The van der Waals surface area contributed by atoms with E-state index in [0.717, 1.165) is 40.9 Å². The van der Waals surface area contributed by atoms with Crippen molar-refractivity contribution in [2.45, 2.75) is 18.6 Å². The van der Waals surface area contributed by atoms with Crippen molar-refractivity contribution in [3.8, 4) is 22.9 Å². The van der Waals surface area contributed by atoms with E-state index in [0.29, 0.717) is 18.0 Å². The molecule has 1 aliphatic heterocycles. The van der Waals surface area contributed by atoms with Gasteiger partial charge in [0.1, 0.15) is 41.5 Å². The van der Waals surface area contributed by atoms with Crippen LogP contribution in [0.3, 0.4) is 0 Å². The Bertz CT molecular complexity index is 1210. The molecule has 4 aromatic rings. The molecule has 2 atom stereocenters. The first-order valence-corrected chi connectivity index (χ1v) is 10.4. The summed E-state index contributed by atoms with van der Waals surface area (Å²) in [6.45, 7) is 1.55. The average molecular weight is 420 g/mol. The molecule has 8 nitrogen and oxygen atoms in total. The minimum atomic E-state index is -0.548. The molecule has 1 fully saturated rings. The van der Waals surface area contributed by atoms with Crippen LogP contribution in [0.4, 0.5) is 0 Å². The van der Waals surface area contributed by atoms with Gasteiger partial charge < -0.3 is 25.0 Å². The van der Waals surface area contributed by atoms with E-state index in [1.807, 2.05) is 53.1 Å². The van der Waals surface area contributed by atoms with Gasteiger partial charge in [-0.1, -0.05) is 18.2 Å². The quantitative estimate of drug-likeness (QED) is 0.439. The van der Waals surface area contributed by atoms with E-state index >= 15 is 0 Å². The number of piperidine rings is 1. The molecular weight excluding hydrogens is 396 g/mol. The van der Waals surface area contributed by atoms with E-state index in [4.69, 9.17) is 19.6 Å². The van der Waals surface area contributed by atoms with Gasteiger partial charge in [0.05, 0.1) is 24.2 Å². The van der Waals surface area contributed by atoms with Gasteiger partial charge in [0, 0.05) is 24.2 Å². The first-order chi connectivity index (χ1) is 15.2. The predicted octanol–water partition coefficient (Wildman–Crippen LogP) is 2.02. The van der Waals surface area contributed by atoms with Gasteiger partial charge in [0.25, 0.3) is 0 Å². The lowest BCUT2D eigenvalue weighted by Gasteiger charge is -2.29. The van der Waals surface area contributed by atoms with E-state index in [-0.39, 0.29) is 19.3 Å². The Balaban J connectivity index is 1.50. The van der Waals surface area contributed by atoms with Crippen LogP contribution in [-0.2, 0) is 0 Å². The molecule has 1 saturated heterocycles. The number of fused-ring (bicyclic) bond motifs is 2. The molecule has 0 spiro atoms. The lowest BCUT2D eigenvalue weighted by Crippen LogP contribution is -2.46. The number of ether oxygens (including phenoxy) is 2. The highest BCUT2D eigenvalue weighted by Gasteiger charge is 2.25. The van der Waals surface area contributed by atoms with Gasteiger partial charge in [-0.05, 0) is 31.2 Å². The second-order valence-corrected chi connectivity index (χ2v) is 7.55. The van der Waals surface area contributed by atoms with Crippen LogP contribution in [0.25, 0.3) is 27.9 Å². The van der Waals surface area contributed by atoms with Crippen LogP contribution in [0.1, 0.15) is 6.42 Å². The summed E-state index contributed by atoms with van der Waals surface area (Å²) < 4.78 is 13.6. The maximum Gasteiger partial charge on any atom is 0.146 e. The number of aliphatic hydroxyl groups excluding tert-OH is 2. The topological polar surface area (TPSA) is 101 Å². The van der Waals surface area contributed by atoms with Gasteiger partial charge in [-0.15, -0.1) is 0 Å². The van der Waals surface area contributed by atoms with Crippen LogP contribution < -0.4 is 14.8 Å². The van der Waals surface area contributed by atoms with Crippen LogP contribution in [0.5, 0.6) is 11.5 Å². The lowest BCUT2D eigenvalue weighted by molar-refractivity contribution is 0.0170. The first-order valence-electron chi connectivity index (χ1n) is 10.4. The molecule has 3 aromatic heterocycles. The highest BCUT2D eigenvalue weighted by molar-refractivity contribution is 5.86. The summed E-state index contributed by atoms with van der Waals surface area (Å²) in [7, 11) is 0. The molecule has 5 rings (SSSR count). The van der Waals surface area contributed by atoms with Gasteiger partial charge in [-0.25, -0.2) is 9.97 Å². The van der Waals surface area contributed by atoms with Crippen molar-refractivity contribution in [2.75, 3.05) is 26.3 Å². The SMILES string of the molecule is OCCOc1ccn2c(-c3ccc4cccc(OC5CCNC[C@H]5O)c4n3)cnc2c1. The zero-order valence-electron chi connectivity index (χ0n) is 16.9. The molecule has 4 heterocycles. The summed E-state index contributed by atoms with van der Waals surface area (Å²) in [4.78, 5) is 9.36. The van der Waals surface area contributed by atoms with Crippen molar-refractivity contribution in [1.29, 1.82) is 0 Å². The van der Waals surface area contributed by atoms with E-state index in [2.05, 4.69) is 10.3 Å². The molecule has 0 aliphatic carbocycles. The molecule has 8 heteroatoms. The Morgan fingerprint density at radius 1 is 1.19 bits per heavy atom. The zero-order valence-corrected chi connectivity index (χ0v) is 16.9. The maximum absolute atomic E-state index is 10.3. The molecule has 0 saturated carbocycles. The minimum Gasteiger partial charge on any atom is -0.491 e. The number of hydrogen-bond acceptors (Lipinski definition) is 7. The highest BCUT2D eigenvalue weighted by Crippen LogP contribution is 2.30. The molecule has 160 valence electrons. The fraction of sp³-hybridized carbons (Fsp3) is 0.304. The van der Waals surface area contributed by atoms with E-state index in [1.54, 1.807) is 6.20 Å².